The summed E-state index contributed by atoms with van der Waals surface area (Å²) in [4.78, 5) is 4.31. The maximum Gasteiger partial charge on any atom is 0.0644 e. The van der Waals surface area contributed by atoms with Crippen LogP contribution in [0.25, 0.3) is 5.70 Å². The predicted molar refractivity (Wildman–Crippen MR) is 70.9 cm³/mol. The van der Waals surface area contributed by atoms with Crippen LogP contribution in [0.5, 0.6) is 0 Å². The molecule has 1 N–H and O–H groups in total. The van der Waals surface area contributed by atoms with Crippen LogP contribution in [0.3, 0.4) is 0 Å². The van der Waals surface area contributed by atoms with Crippen molar-refractivity contribution < 1.29 is 0 Å². The Balaban J connectivity index is 2.02. The lowest BCUT2D eigenvalue weighted by atomic mass is 10.1. The summed E-state index contributed by atoms with van der Waals surface area (Å²) < 4.78 is 0. The van der Waals surface area contributed by atoms with Gasteiger partial charge in [0.1, 0.15) is 0 Å². The molecule has 0 unspecified atom stereocenters. The molecular formula is C15H11N2. The number of hydrogen-bond acceptors (Lipinski definition) is 2. The Morgan fingerprint density at radius 2 is 2.00 bits per heavy atom. The summed E-state index contributed by atoms with van der Waals surface area (Å²) in [6.07, 6.45) is 3.70. The van der Waals surface area contributed by atoms with Crippen molar-refractivity contribution in [3.8, 4) is 0 Å². The van der Waals surface area contributed by atoms with Gasteiger partial charge in [-0.1, -0.05) is 36.4 Å². The van der Waals surface area contributed by atoms with Crippen molar-refractivity contribution >= 4 is 17.6 Å². The molecule has 2 heteroatoms. The average Bonchev–Trinajstić information content (AvgIpc) is 2.62. The number of anilines is 1. The van der Waals surface area contributed by atoms with E-state index >= 15 is 0 Å². The third kappa shape index (κ3) is 1.97. The highest BCUT2D eigenvalue weighted by Crippen LogP contribution is 2.23. The van der Waals surface area contributed by atoms with E-state index in [0.717, 1.165) is 22.5 Å². The number of benzene rings is 2. The highest BCUT2D eigenvalue weighted by atomic mass is 14.9. The highest BCUT2D eigenvalue weighted by molar-refractivity contribution is 5.94. The smallest absolute Gasteiger partial charge is 0.0644 e. The first-order valence-corrected chi connectivity index (χ1v) is 5.49. The Morgan fingerprint density at radius 1 is 1.06 bits per heavy atom. The molecule has 0 saturated carbocycles. The fourth-order valence-electron chi connectivity index (χ4n) is 1.80. The van der Waals surface area contributed by atoms with E-state index in [1.807, 2.05) is 60.9 Å². The number of nitrogens with one attached hydrogen (secondary N) is 1. The van der Waals surface area contributed by atoms with Crippen LogP contribution in [0, 0.1) is 6.07 Å². The summed E-state index contributed by atoms with van der Waals surface area (Å²) in [5, 5.41) is 3.39. The second kappa shape index (κ2) is 4.26. The van der Waals surface area contributed by atoms with Crippen LogP contribution in [0.4, 0.5) is 5.69 Å². The molecule has 0 bridgehead atoms. The molecule has 2 aromatic rings. The zero-order valence-corrected chi connectivity index (χ0v) is 9.22. The van der Waals surface area contributed by atoms with Crippen molar-refractivity contribution in [1.29, 1.82) is 0 Å². The highest BCUT2D eigenvalue weighted by Gasteiger charge is 2.06. The fourth-order valence-corrected chi connectivity index (χ4v) is 1.80. The van der Waals surface area contributed by atoms with Gasteiger partial charge in [-0.05, 0) is 18.2 Å². The van der Waals surface area contributed by atoms with Gasteiger partial charge < -0.3 is 5.32 Å². The van der Waals surface area contributed by atoms with Crippen molar-refractivity contribution in [3.05, 3.63) is 71.9 Å². The van der Waals surface area contributed by atoms with E-state index in [4.69, 9.17) is 0 Å². The first kappa shape index (κ1) is 9.85. The lowest BCUT2D eigenvalue weighted by molar-refractivity contribution is 1.50. The normalized spacial score (nSPS) is 13.3. The second-order valence-corrected chi connectivity index (χ2v) is 3.83. The van der Waals surface area contributed by atoms with E-state index in [-0.39, 0.29) is 0 Å². The van der Waals surface area contributed by atoms with Crippen molar-refractivity contribution in [2.75, 3.05) is 5.32 Å². The van der Waals surface area contributed by atoms with Gasteiger partial charge in [0, 0.05) is 23.0 Å². The molecule has 1 heterocycles. The molecule has 0 saturated heterocycles. The maximum absolute atomic E-state index is 4.31. The molecule has 1 radical (unpaired) electrons. The van der Waals surface area contributed by atoms with Crippen LogP contribution >= 0.6 is 0 Å². The summed E-state index contributed by atoms with van der Waals surface area (Å²) in [6.45, 7) is 0. The van der Waals surface area contributed by atoms with Gasteiger partial charge in [-0.25, -0.2) is 0 Å². The number of para-hydroxylation sites is 1. The fraction of sp³-hybridized carbons (Fsp3) is 0. The van der Waals surface area contributed by atoms with Gasteiger partial charge in [-0.15, -0.1) is 0 Å². The average molecular weight is 219 g/mol. The minimum Gasteiger partial charge on any atom is -0.353 e. The minimum atomic E-state index is 0.989. The number of aliphatic imine (C=N–C) groups is 1. The van der Waals surface area contributed by atoms with Crippen LogP contribution in [0.1, 0.15) is 11.1 Å². The van der Waals surface area contributed by atoms with Crippen LogP contribution in [0.15, 0.2) is 59.7 Å². The van der Waals surface area contributed by atoms with Gasteiger partial charge in [0.15, 0.2) is 0 Å². The standard InChI is InChI=1S/C15H11N2/c1-2-6-12(7-3-1)15-11-16-10-13-8-4-5-9-14(13)17-15/h1-2,4-11,17H. The van der Waals surface area contributed by atoms with Crippen molar-refractivity contribution in [1.82, 2.24) is 0 Å². The molecule has 0 fully saturated rings. The van der Waals surface area contributed by atoms with Crippen molar-refractivity contribution in [2.24, 2.45) is 4.99 Å². The summed E-state index contributed by atoms with van der Waals surface area (Å²) in [5.74, 6) is 0. The summed E-state index contributed by atoms with van der Waals surface area (Å²) in [5.41, 5.74) is 4.24. The topological polar surface area (TPSA) is 24.4 Å². The summed E-state index contributed by atoms with van der Waals surface area (Å²) in [7, 11) is 0. The molecule has 0 spiro atoms. The lowest BCUT2D eigenvalue weighted by Crippen LogP contribution is -1.99. The summed E-state index contributed by atoms with van der Waals surface area (Å²) in [6, 6.07) is 19.0. The van der Waals surface area contributed by atoms with Gasteiger partial charge in [0.2, 0.25) is 0 Å². The molecule has 2 nitrogen and oxygen atoms in total. The molecule has 0 aliphatic carbocycles. The van der Waals surface area contributed by atoms with Gasteiger partial charge in [-0.3, -0.25) is 4.99 Å². The molecule has 1 aliphatic heterocycles. The predicted octanol–water partition coefficient (Wildman–Crippen LogP) is 3.33. The van der Waals surface area contributed by atoms with Crippen LogP contribution in [-0.2, 0) is 0 Å². The van der Waals surface area contributed by atoms with E-state index < -0.39 is 0 Å². The second-order valence-electron chi connectivity index (χ2n) is 3.83. The zero-order chi connectivity index (χ0) is 11.5. The van der Waals surface area contributed by atoms with Crippen molar-refractivity contribution in [2.45, 2.75) is 0 Å². The quantitative estimate of drug-likeness (QED) is 0.781. The first-order chi connectivity index (χ1) is 8.43. The van der Waals surface area contributed by atoms with E-state index in [2.05, 4.69) is 16.4 Å². The van der Waals surface area contributed by atoms with Crippen LogP contribution in [0.2, 0.25) is 0 Å². The number of nitrogens with zero attached hydrogens (tertiary/aromatic N) is 1. The Bertz CT molecular complexity index is 583. The minimum absolute atomic E-state index is 0.989. The van der Waals surface area contributed by atoms with Gasteiger partial charge in [-0.2, -0.15) is 0 Å². The molecule has 2 aromatic carbocycles. The maximum atomic E-state index is 4.31. The largest absolute Gasteiger partial charge is 0.353 e. The lowest BCUT2D eigenvalue weighted by Gasteiger charge is -2.10. The van der Waals surface area contributed by atoms with Gasteiger partial charge >= 0.3 is 0 Å². The number of rotatable bonds is 1. The van der Waals surface area contributed by atoms with Gasteiger partial charge in [0.05, 0.1) is 11.9 Å². The molecule has 1 aliphatic rings. The molecule has 81 valence electrons. The van der Waals surface area contributed by atoms with Crippen molar-refractivity contribution in [3.63, 3.8) is 0 Å². The van der Waals surface area contributed by atoms with Gasteiger partial charge in [0.25, 0.3) is 0 Å². The van der Waals surface area contributed by atoms with E-state index in [0.29, 0.717) is 0 Å². The number of fused-ring (bicyclic) bond motifs is 1. The van der Waals surface area contributed by atoms with E-state index in [1.54, 1.807) is 0 Å². The molecule has 0 atom stereocenters. The first-order valence-electron chi connectivity index (χ1n) is 5.49. The molecule has 3 rings (SSSR count). The van der Waals surface area contributed by atoms with Crippen LogP contribution in [-0.4, -0.2) is 6.21 Å². The third-order valence-electron chi connectivity index (χ3n) is 2.67. The molecular weight excluding hydrogens is 208 g/mol. The molecule has 0 aromatic heterocycles. The molecule has 17 heavy (non-hydrogen) atoms. The third-order valence-corrected chi connectivity index (χ3v) is 2.67. The van der Waals surface area contributed by atoms with E-state index in [1.165, 1.54) is 0 Å². The Hall–Kier alpha value is -2.35. The monoisotopic (exact) mass is 219 g/mol. The number of hydrogen-bond donors (Lipinski definition) is 1. The molecule has 0 amide bonds. The zero-order valence-electron chi connectivity index (χ0n) is 9.22. The Morgan fingerprint density at radius 3 is 2.88 bits per heavy atom. The Kier molecular flexibility index (Phi) is 2.47. The Labute approximate surface area is 100 Å². The summed E-state index contributed by atoms with van der Waals surface area (Å²) >= 11 is 0. The SMILES string of the molecule is [c]1cccc(C2=CN=Cc3ccccc3N2)c1. The van der Waals surface area contributed by atoms with E-state index in [9.17, 15) is 0 Å². The van der Waals surface area contributed by atoms with Crippen LogP contribution < -0.4 is 5.32 Å².